The van der Waals surface area contributed by atoms with Crippen LogP contribution in [0.2, 0.25) is 0 Å². The summed E-state index contributed by atoms with van der Waals surface area (Å²) in [6, 6.07) is 0. The molecule has 1 aromatic heterocycles. The molecule has 1 heterocycles. The molecule has 0 aromatic carbocycles. The molecule has 0 saturated heterocycles. The normalized spacial score (nSPS) is 21.3. The highest BCUT2D eigenvalue weighted by molar-refractivity contribution is 5.31. The van der Waals surface area contributed by atoms with Crippen LogP contribution in [0.4, 0.5) is 0 Å². The van der Waals surface area contributed by atoms with Crippen molar-refractivity contribution in [3.8, 4) is 0 Å². The second-order valence-electron chi connectivity index (χ2n) is 4.88. The van der Waals surface area contributed by atoms with Crippen LogP contribution in [0, 0.1) is 13.8 Å². The Morgan fingerprint density at radius 1 is 1.13 bits per heavy atom. The Labute approximate surface area is 91.4 Å². The van der Waals surface area contributed by atoms with Crippen LogP contribution in [0.5, 0.6) is 0 Å². The lowest BCUT2D eigenvalue weighted by molar-refractivity contribution is 0.382. The van der Waals surface area contributed by atoms with E-state index < -0.39 is 0 Å². The van der Waals surface area contributed by atoms with Crippen molar-refractivity contribution in [1.29, 1.82) is 0 Å². The minimum absolute atomic E-state index is 0.127. The predicted octanol–water partition coefficient (Wildman–Crippen LogP) is 2.53. The topological polar surface area (TPSA) is 54.7 Å². The van der Waals surface area contributed by atoms with Crippen LogP contribution in [0.15, 0.2) is 0 Å². The third-order valence-electron chi connectivity index (χ3n) is 3.62. The van der Waals surface area contributed by atoms with Crippen molar-refractivity contribution in [3.05, 3.63) is 17.0 Å². The second kappa shape index (κ2) is 3.97. The third-order valence-corrected chi connectivity index (χ3v) is 3.62. The molecule has 0 unspecified atom stereocenters. The van der Waals surface area contributed by atoms with Crippen molar-refractivity contribution in [3.63, 3.8) is 0 Å². The first-order valence-electron chi connectivity index (χ1n) is 5.94. The Hall–Kier alpha value is -0.830. The van der Waals surface area contributed by atoms with E-state index in [1.165, 1.54) is 31.2 Å². The SMILES string of the molecule is Cc1n[nH]c(C)c1C1(N)CCCCCC1. The largest absolute Gasteiger partial charge is 0.321 e. The molecule has 0 bridgehead atoms. The van der Waals surface area contributed by atoms with Crippen molar-refractivity contribution >= 4 is 0 Å². The summed E-state index contributed by atoms with van der Waals surface area (Å²) in [6.07, 6.45) is 7.37. The molecule has 3 nitrogen and oxygen atoms in total. The van der Waals surface area contributed by atoms with Gasteiger partial charge in [0.2, 0.25) is 0 Å². The molecule has 0 spiro atoms. The molecule has 1 aliphatic carbocycles. The van der Waals surface area contributed by atoms with Crippen LogP contribution in [0.25, 0.3) is 0 Å². The third kappa shape index (κ3) is 1.93. The monoisotopic (exact) mass is 207 g/mol. The van der Waals surface area contributed by atoms with Crippen LogP contribution in [-0.4, -0.2) is 10.2 Å². The van der Waals surface area contributed by atoms with Gasteiger partial charge in [-0.25, -0.2) is 0 Å². The highest BCUT2D eigenvalue weighted by Crippen LogP contribution is 2.36. The lowest BCUT2D eigenvalue weighted by atomic mass is 9.82. The number of hydrogen-bond donors (Lipinski definition) is 2. The minimum Gasteiger partial charge on any atom is -0.321 e. The van der Waals surface area contributed by atoms with Gasteiger partial charge in [0.25, 0.3) is 0 Å². The molecule has 1 saturated carbocycles. The first kappa shape index (κ1) is 10.7. The molecule has 3 N–H and O–H groups in total. The van der Waals surface area contributed by atoms with Crippen molar-refractivity contribution in [1.82, 2.24) is 10.2 Å². The number of H-pyrrole nitrogens is 1. The Morgan fingerprint density at radius 2 is 1.73 bits per heavy atom. The van der Waals surface area contributed by atoms with E-state index in [4.69, 9.17) is 5.73 Å². The van der Waals surface area contributed by atoms with Gasteiger partial charge in [0, 0.05) is 16.8 Å². The van der Waals surface area contributed by atoms with Gasteiger partial charge in [-0.3, -0.25) is 5.10 Å². The molecular weight excluding hydrogens is 186 g/mol. The lowest BCUT2D eigenvalue weighted by Gasteiger charge is -2.28. The van der Waals surface area contributed by atoms with Gasteiger partial charge in [0.1, 0.15) is 0 Å². The van der Waals surface area contributed by atoms with E-state index in [2.05, 4.69) is 24.0 Å². The molecule has 3 heteroatoms. The maximum Gasteiger partial charge on any atom is 0.0644 e. The van der Waals surface area contributed by atoms with Crippen molar-refractivity contribution in [2.75, 3.05) is 0 Å². The fourth-order valence-electron chi connectivity index (χ4n) is 2.89. The molecular formula is C12H21N3. The molecule has 0 atom stereocenters. The van der Waals surface area contributed by atoms with E-state index in [9.17, 15) is 0 Å². The number of aromatic nitrogens is 2. The minimum atomic E-state index is -0.127. The second-order valence-corrected chi connectivity index (χ2v) is 4.88. The van der Waals surface area contributed by atoms with Gasteiger partial charge in [-0.15, -0.1) is 0 Å². The summed E-state index contributed by atoms with van der Waals surface area (Å²) in [5.41, 5.74) is 9.94. The van der Waals surface area contributed by atoms with Crippen molar-refractivity contribution < 1.29 is 0 Å². The number of nitrogens with two attached hydrogens (primary N) is 1. The number of nitrogens with one attached hydrogen (secondary N) is 1. The van der Waals surface area contributed by atoms with Crippen LogP contribution >= 0.6 is 0 Å². The van der Waals surface area contributed by atoms with E-state index in [0.717, 1.165) is 24.2 Å². The summed E-state index contributed by atoms with van der Waals surface area (Å²) in [6.45, 7) is 4.13. The average Bonchev–Trinajstić information content (AvgIpc) is 2.40. The number of aryl methyl sites for hydroxylation is 2. The Kier molecular flexibility index (Phi) is 2.83. The average molecular weight is 207 g/mol. The fraction of sp³-hybridized carbons (Fsp3) is 0.750. The predicted molar refractivity (Wildman–Crippen MR) is 61.6 cm³/mol. The summed E-state index contributed by atoms with van der Waals surface area (Å²) < 4.78 is 0. The van der Waals surface area contributed by atoms with Crippen LogP contribution in [0.3, 0.4) is 0 Å². The quantitative estimate of drug-likeness (QED) is 0.695. The highest BCUT2D eigenvalue weighted by Gasteiger charge is 2.32. The maximum atomic E-state index is 6.57. The molecule has 0 aliphatic heterocycles. The first-order valence-corrected chi connectivity index (χ1v) is 5.94. The van der Waals surface area contributed by atoms with E-state index in [0.29, 0.717) is 0 Å². The van der Waals surface area contributed by atoms with Gasteiger partial charge >= 0.3 is 0 Å². The number of hydrogen-bond acceptors (Lipinski definition) is 2. The standard InChI is InChI=1S/C12H21N3/c1-9-11(10(2)15-14-9)12(13)7-5-3-4-6-8-12/h3-8,13H2,1-2H3,(H,14,15). The Balaban J connectivity index is 2.34. The van der Waals surface area contributed by atoms with Gasteiger partial charge in [-0.05, 0) is 26.7 Å². The smallest absolute Gasteiger partial charge is 0.0644 e. The van der Waals surface area contributed by atoms with Gasteiger partial charge in [0.05, 0.1) is 5.69 Å². The number of rotatable bonds is 1. The summed E-state index contributed by atoms with van der Waals surface area (Å²) in [5.74, 6) is 0. The maximum absolute atomic E-state index is 6.57. The Bertz CT molecular complexity index is 313. The molecule has 1 aliphatic rings. The van der Waals surface area contributed by atoms with E-state index in [-0.39, 0.29) is 5.54 Å². The summed E-state index contributed by atoms with van der Waals surface area (Å²) in [4.78, 5) is 0. The van der Waals surface area contributed by atoms with E-state index in [1.807, 2.05) is 0 Å². The zero-order chi connectivity index (χ0) is 10.9. The summed E-state index contributed by atoms with van der Waals surface area (Å²) in [5, 5.41) is 7.31. The van der Waals surface area contributed by atoms with Gasteiger partial charge in [0.15, 0.2) is 0 Å². The van der Waals surface area contributed by atoms with Crippen molar-refractivity contribution in [2.45, 2.75) is 57.9 Å². The van der Waals surface area contributed by atoms with Gasteiger partial charge in [-0.1, -0.05) is 25.7 Å². The molecule has 0 radical (unpaired) electrons. The van der Waals surface area contributed by atoms with Crippen LogP contribution < -0.4 is 5.73 Å². The number of nitrogens with zero attached hydrogens (tertiary/aromatic N) is 1. The Morgan fingerprint density at radius 3 is 2.20 bits per heavy atom. The number of aromatic amines is 1. The summed E-state index contributed by atoms with van der Waals surface area (Å²) in [7, 11) is 0. The summed E-state index contributed by atoms with van der Waals surface area (Å²) >= 11 is 0. The molecule has 1 aromatic rings. The lowest BCUT2D eigenvalue weighted by Crippen LogP contribution is -2.37. The van der Waals surface area contributed by atoms with Gasteiger partial charge in [-0.2, -0.15) is 5.10 Å². The molecule has 84 valence electrons. The van der Waals surface area contributed by atoms with E-state index in [1.54, 1.807) is 0 Å². The highest BCUT2D eigenvalue weighted by atomic mass is 15.1. The molecule has 2 rings (SSSR count). The molecule has 15 heavy (non-hydrogen) atoms. The fourth-order valence-corrected chi connectivity index (χ4v) is 2.89. The van der Waals surface area contributed by atoms with Crippen LogP contribution in [-0.2, 0) is 5.54 Å². The van der Waals surface area contributed by atoms with Crippen molar-refractivity contribution in [2.24, 2.45) is 5.73 Å². The van der Waals surface area contributed by atoms with E-state index >= 15 is 0 Å². The van der Waals surface area contributed by atoms with Gasteiger partial charge < -0.3 is 5.73 Å². The molecule has 1 fully saturated rings. The molecule has 0 amide bonds. The first-order chi connectivity index (χ1) is 7.13. The zero-order valence-corrected chi connectivity index (χ0v) is 9.77. The zero-order valence-electron chi connectivity index (χ0n) is 9.77. The van der Waals surface area contributed by atoms with Crippen LogP contribution in [0.1, 0.15) is 55.5 Å².